The predicted molar refractivity (Wildman–Crippen MR) is 126 cm³/mol. The zero-order chi connectivity index (χ0) is 22.7. The van der Waals surface area contributed by atoms with Crippen LogP contribution < -0.4 is 14.4 Å². The first-order valence-electron chi connectivity index (χ1n) is 11.8. The van der Waals surface area contributed by atoms with Crippen LogP contribution in [0.3, 0.4) is 0 Å². The summed E-state index contributed by atoms with van der Waals surface area (Å²) in [4.78, 5) is 13.6. The Bertz CT molecular complexity index is 1110. The third-order valence-electron chi connectivity index (χ3n) is 7.69. The molecule has 0 aliphatic carbocycles. The van der Waals surface area contributed by atoms with Gasteiger partial charge in [-0.2, -0.15) is 9.97 Å². The molecule has 4 aliphatic heterocycles. The van der Waals surface area contributed by atoms with Crippen LogP contribution in [-0.4, -0.2) is 65.5 Å². The maximum Gasteiger partial charge on any atom is 0.319 e. The third-order valence-corrected chi connectivity index (χ3v) is 9.02. The molecule has 3 fully saturated rings. The molecule has 6 nitrogen and oxygen atoms in total. The van der Waals surface area contributed by atoms with Crippen molar-refractivity contribution in [1.82, 2.24) is 14.9 Å². The highest BCUT2D eigenvalue weighted by Crippen LogP contribution is 2.47. The van der Waals surface area contributed by atoms with Gasteiger partial charge in [0.1, 0.15) is 35.7 Å². The Labute approximate surface area is 204 Å². The van der Waals surface area contributed by atoms with Crippen molar-refractivity contribution in [3.8, 4) is 11.8 Å². The van der Waals surface area contributed by atoms with Gasteiger partial charge in [-0.15, -0.1) is 0 Å². The lowest BCUT2D eigenvalue weighted by molar-refractivity contribution is 0.107. The van der Waals surface area contributed by atoms with Crippen molar-refractivity contribution in [2.45, 2.75) is 62.7 Å². The molecule has 0 radical (unpaired) electrons. The van der Waals surface area contributed by atoms with Gasteiger partial charge >= 0.3 is 6.01 Å². The minimum atomic E-state index is -0.843. The van der Waals surface area contributed by atoms with E-state index >= 15 is 4.39 Å². The smallest absolute Gasteiger partial charge is 0.319 e. The minimum absolute atomic E-state index is 0.116. The number of alkyl halides is 1. The van der Waals surface area contributed by atoms with E-state index in [4.69, 9.17) is 26.1 Å². The lowest BCUT2D eigenvalue weighted by atomic mass is 9.95. The van der Waals surface area contributed by atoms with Gasteiger partial charge in [0.15, 0.2) is 11.6 Å². The van der Waals surface area contributed by atoms with E-state index in [0.717, 1.165) is 51.6 Å². The Morgan fingerprint density at radius 1 is 1.21 bits per heavy atom. The Hall–Kier alpha value is -1.45. The molecule has 1 aromatic heterocycles. The molecule has 0 bridgehead atoms. The van der Waals surface area contributed by atoms with Crippen LogP contribution in [0.2, 0.25) is 5.02 Å². The van der Waals surface area contributed by atoms with Crippen LogP contribution in [0.5, 0.6) is 11.8 Å². The SMILES string of the molecule is Fc1c(Br)c(Cl)c2c3c(nc(OCC45CCCN4CC(F)C5)nc13)N1CCCCCC1CO2. The van der Waals surface area contributed by atoms with Gasteiger partial charge < -0.3 is 14.4 Å². The molecule has 4 aliphatic rings. The standard InChI is InChI=1S/C23H26BrClF2N4O2/c24-16-17(25)20-15-19(18(16)27)28-22(33-12-23-6-4-7-30(23)10-13(26)9-23)29-21(15)31-8-3-1-2-5-14(31)11-32-20/h13-14H,1-12H2. The summed E-state index contributed by atoms with van der Waals surface area (Å²) in [7, 11) is 0. The van der Waals surface area contributed by atoms with Gasteiger partial charge in [-0.05, 0) is 48.2 Å². The number of hydrogen-bond acceptors (Lipinski definition) is 6. The average molecular weight is 544 g/mol. The summed E-state index contributed by atoms with van der Waals surface area (Å²) in [5.41, 5.74) is -0.202. The van der Waals surface area contributed by atoms with E-state index in [9.17, 15) is 4.39 Å². The number of fused-ring (bicyclic) bond motifs is 3. The Morgan fingerprint density at radius 3 is 2.97 bits per heavy atom. The summed E-state index contributed by atoms with van der Waals surface area (Å²) in [6.45, 7) is 2.87. The topological polar surface area (TPSA) is 50.7 Å². The van der Waals surface area contributed by atoms with Gasteiger partial charge in [0.2, 0.25) is 0 Å². The monoisotopic (exact) mass is 542 g/mol. The molecule has 10 heteroatoms. The van der Waals surface area contributed by atoms with Gasteiger partial charge in [0, 0.05) is 19.5 Å². The summed E-state index contributed by atoms with van der Waals surface area (Å²) < 4.78 is 41.9. The molecule has 0 spiro atoms. The second kappa shape index (κ2) is 8.34. The fourth-order valence-electron chi connectivity index (χ4n) is 6.07. The van der Waals surface area contributed by atoms with Crippen molar-refractivity contribution in [3.63, 3.8) is 0 Å². The summed E-state index contributed by atoms with van der Waals surface area (Å²) in [5, 5.41) is 0.680. The number of aromatic nitrogens is 2. The van der Waals surface area contributed by atoms with E-state index in [0.29, 0.717) is 43.1 Å². The molecular weight excluding hydrogens is 518 g/mol. The third kappa shape index (κ3) is 3.57. The molecule has 3 saturated heterocycles. The molecule has 0 N–H and O–H groups in total. The van der Waals surface area contributed by atoms with Gasteiger partial charge in [-0.1, -0.05) is 24.4 Å². The van der Waals surface area contributed by atoms with Gasteiger partial charge in [-0.25, -0.2) is 8.78 Å². The maximum absolute atomic E-state index is 15.4. The molecular formula is C23H26BrClF2N4O2. The molecule has 5 heterocycles. The summed E-state index contributed by atoms with van der Waals surface area (Å²) in [5.74, 6) is 0.457. The Balaban J connectivity index is 1.44. The fraction of sp³-hybridized carbons (Fsp3) is 0.652. The molecule has 3 unspecified atom stereocenters. The second-order valence-corrected chi connectivity index (χ2v) is 10.9. The van der Waals surface area contributed by atoms with Crippen LogP contribution in [0.25, 0.3) is 10.9 Å². The molecule has 6 rings (SSSR count). The van der Waals surface area contributed by atoms with Gasteiger partial charge in [0.05, 0.1) is 21.4 Å². The lowest BCUT2D eigenvalue weighted by Crippen LogP contribution is -2.43. The van der Waals surface area contributed by atoms with Crippen LogP contribution >= 0.6 is 27.5 Å². The van der Waals surface area contributed by atoms with Crippen molar-refractivity contribution in [1.29, 1.82) is 0 Å². The maximum atomic E-state index is 15.4. The predicted octanol–water partition coefficient (Wildman–Crippen LogP) is 5.28. The highest BCUT2D eigenvalue weighted by atomic mass is 79.9. The highest BCUT2D eigenvalue weighted by molar-refractivity contribution is 9.10. The van der Waals surface area contributed by atoms with Gasteiger partial charge in [-0.3, -0.25) is 4.90 Å². The summed E-state index contributed by atoms with van der Waals surface area (Å²) in [6.07, 6.45) is 5.75. The van der Waals surface area contributed by atoms with Crippen molar-refractivity contribution >= 4 is 44.3 Å². The van der Waals surface area contributed by atoms with E-state index in [1.54, 1.807) is 0 Å². The average Bonchev–Trinajstić information content (AvgIpc) is 3.14. The zero-order valence-corrected chi connectivity index (χ0v) is 20.6. The van der Waals surface area contributed by atoms with Crippen LogP contribution in [0, 0.1) is 5.82 Å². The normalized spacial score (nSPS) is 29.4. The number of anilines is 1. The number of hydrogen-bond donors (Lipinski definition) is 0. The van der Waals surface area contributed by atoms with E-state index in [-0.39, 0.29) is 32.6 Å². The molecule has 0 saturated carbocycles. The first-order valence-corrected chi connectivity index (χ1v) is 12.9. The first-order chi connectivity index (χ1) is 16.0. The zero-order valence-electron chi connectivity index (χ0n) is 18.3. The van der Waals surface area contributed by atoms with Crippen LogP contribution in [-0.2, 0) is 0 Å². The quantitative estimate of drug-likeness (QED) is 0.491. The number of rotatable bonds is 3. The molecule has 33 heavy (non-hydrogen) atoms. The van der Waals surface area contributed by atoms with Crippen LogP contribution in [0.15, 0.2) is 4.47 Å². The fourth-order valence-corrected chi connectivity index (χ4v) is 6.67. The first kappa shape index (κ1) is 22.0. The molecule has 178 valence electrons. The van der Waals surface area contributed by atoms with E-state index in [1.165, 1.54) is 0 Å². The van der Waals surface area contributed by atoms with E-state index < -0.39 is 12.0 Å². The van der Waals surface area contributed by atoms with E-state index in [2.05, 4.69) is 30.7 Å². The minimum Gasteiger partial charge on any atom is -0.489 e. The van der Waals surface area contributed by atoms with Gasteiger partial charge in [0.25, 0.3) is 0 Å². The van der Waals surface area contributed by atoms with Crippen molar-refractivity contribution in [2.75, 3.05) is 37.7 Å². The number of benzene rings is 1. The number of halogens is 4. The van der Waals surface area contributed by atoms with E-state index in [1.807, 2.05) is 0 Å². The highest BCUT2D eigenvalue weighted by Gasteiger charge is 2.49. The Kier molecular flexibility index (Phi) is 5.57. The van der Waals surface area contributed by atoms with Crippen molar-refractivity contribution in [3.05, 3.63) is 15.3 Å². The molecule has 0 amide bonds. The molecule has 1 aromatic carbocycles. The van der Waals surface area contributed by atoms with Crippen LogP contribution in [0.4, 0.5) is 14.6 Å². The van der Waals surface area contributed by atoms with Crippen molar-refractivity contribution < 1.29 is 18.3 Å². The van der Waals surface area contributed by atoms with Crippen molar-refractivity contribution in [2.24, 2.45) is 0 Å². The Morgan fingerprint density at radius 2 is 2.09 bits per heavy atom. The summed E-state index contributed by atoms with van der Waals surface area (Å²) in [6, 6.07) is 0.236. The lowest BCUT2D eigenvalue weighted by Gasteiger charge is -2.31. The number of ether oxygens (including phenoxy) is 2. The number of nitrogens with zero attached hydrogens (tertiary/aromatic N) is 4. The summed E-state index contributed by atoms with van der Waals surface area (Å²) >= 11 is 9.75. The molecule has 2 aromatic rings. The largest absolute Gasteiger partial charge is 0.489 e. The molecule has 3 atom stereocenters. The van der Waals surface area contributed by atoms with Crippen LogP contribution in [0.1, 0.15) is 44.9 Å². The second-order valence-electron chi connectivity index (χ2n) is 9.70.